The molecular formula is C11H6N4. The summed E-state index contributed by atoms with van der Waals surface area (Å²) in [5, 5.41) is 9.09. The van der Waals surface area contributed by atoms with Crippen molar-refractivity contribution in [3.8, 4) is 6.07 Å². The van der Waals surface area contributed by atoms with Crippen molar-refractivity contribution in [3.05, 3.63) is 42.4 Å². The maximum absolute atomic E-state index is 9.09. The first-order valence-corrected chi connectivity index (χ1v) is 4.51. The van der Waals surface area contributed by atoms with Crippen molar-refractivity contribution in [1.29, 1.82) is 5.26 Å². The van der Waals surface area contributed by atoms with E-state index < -0.39 is 0 Å². The van der Waals surface area contributed by atoms with Gasteiger partial charge in [-0.15, -0.1) is 0 Å². The van der Waals surface area contributed by atoms with E-state index in [1.54, 1.807) is 12.4 Å². The van der Waals surface area contributed by atoms with E-state index in [-0.39, 0.29) is 0 Å². The molecule has 0 radical (unpaired) electrons. The van der Waals surface area contributed by atoms with Crippen LogP contribution in [-0.2, 0) is 0 Å². The predicted octanol–water partition coefficient (Wildman–Crippen LogP) is 1.75. The van der Waals surface area contributed by atoms with E-state index in [0.29, 0.717) is 11.1 Å². The number of nitriles is 1. The minimum atomic E-state index is 0.582. The van der Waals surface area contributed by atoms with Gasteiger partial charge in [-0.25, -0.2) is 9.97 Å². The second-order valence-corrected chi connectivity index (χ2v) is 3.17. The molecule has 3 aromatic heterocycles. The highest BCUT2D eigenvalue weighted by Gasteiger charge is 2.11. The Bertz CT molecular complexity index is 637. The molecule has 15 heavy (non-hydrogen) atoms. The lowest BCUT2D eigenvalue weighted by molar-refractivity contribution is 1.17. The number of nitrogens with zero attached hydrogens (tertiary/aromatic N) is 4. The Morgan fingerprint density at radius 2 is 2.07 bits per heavy atom. The van der Waals surface area contributed by atoms with Gasteiger partial charge < -0.3 is 0 Å². The molecule has 0 aliphatic rings. The van der Waals surface area contributed by atoms with Gasteiger partial charge in [-0.2, -0.15) is 5.26 Å². The molecule has 0 aromatic carbocycles. The number of fused-ring (bicyclic) bond motifs is 3. The van der Waals surface area contributed by atoms with Gasteiger partial charge in [0, 0.05) is 18.6 Å². The van der Waals surface area contributed by atoms with Crippen LogP contribution in [0.5, 0.6) is 0 Å². The second-order valence-electron chi connectivity index (χ2n) is 3.17. The number of aromatic nitrogens is 3. The Kier molecular flexibility index (Phi) is 1.48. The molecule has 0 atom stereocenters. The van der Waals surface area contributed by atoms with Crippen LogP contribution in [0.4, 0.5) is 0 Å². The highest BCUT2D eigenvalue weighted by Crippen LogP contribution is 2.21. The Morgan fingerprint density at radius 1 is 1.20 bits per heavy atom. The van der Waals surface area contributed by atoms with Gasteiger partial charge in [-0.3, -0.25) is 4.40 Å². The fourth-order valence-electron chi connectivity index (χ4n) is 1.75. The Labute approximate surface area is 85.4 Å². The molecule has 0 saturated carbocycles. The first kappa shape index (κ1) is 7.94. The number of hydrogen-bond donors (Lipinski definition) is 0. The molecule has 3 rings (SSSR count). The van der Waals surface area contributed by atoms with Crippen LogP contribution in [0.1, 0.15) is 5.56 Å². The van der Waals surface area contributed by atoms with E-state index in [0.717, 1.165) is 11.2 Å². The van der Waals surface area contributed by atoms with Gasteiger partial charge in [0.2, 0.25) is 0 Å². The molecule has 70 valence electrons. The molecule has 0 amide bonds. The van der Waals surface area contributed by atoms with Crippen molar-refractivity contribution in [2.75, 3.05) is 0 Å². The molecule has 0 spiro atoms. The molecule has 0 aliphatic heterocycles. The van der Waals surface area contributed by atoms with Gasteiger partial charge >= 0.3 is 0 Å². The van der Waals surface area contributed by atoms with Gasteiger partial charge in [-0.1, -0.05) is 6.07 Å². The molecule has 0 aliphatic carbocycles. The molecule has 0 bridgehead atoms. The molecular weight excluding hydrogens is 188 g/mol. The highest BCUT2D eigenvalue weighted by molar-refractivity contribution is 5.89. The van der Waals surface area contributed by atoms with E-state index >= 15 is 0 Å². The van der Waals surface area contributed by atoms with Gasteiger partial charge in [0.05, 0.1) is 5.52 Å². The van der Waals surface area contributed by atoms with Crippen molar-refractivity contribution in [3.63, 3.8) is 0 Å². The van der Waals surface area contributed by atoms with Crippen LogP contribution in [0.15, 0.2) is 36.8 Å². The lowest BCUT2D eigenvalue weighted by atomic mass is 10.2. The Hall–Kier alpha value is -2.41. The highest BCUT2D eigenvalue weighted by atomic mass is 15.0. The summed E-state index contributed by atoms with van der Waals surface area (Å²) < 4.78 is 1.88. The fourth-order valence-corrected chi connectivity index (χ4v) is 1.75. The van der Waals surface area contributed by atoms with Gasteiger partial charge in [0.25, 0.3) is 0 Å². The third-order valence-electron chi connectivity index (χ3n) is 2.37. The van der Waals surface area contributed by atoms with Crippen LogP contribution in [-0.4, -0.2) is 14.4 Å². The third kappa shape index (κ3) is 0.945. The van der Waals surface area contributed by atoms with Crippen LogP contribution in [0, 0.1) is 11.3 Å². The normalized spacial score (nSPS) is 10.6. The molecule has 0 fully saturated rings. The summed E-state index contributed by atoms with van der Waals surface area (Å²) in [7, 11) is 0. The molecule has 3 aromatic rings. The monoisotopic (exact) mass is 194 g/mol. The van der Waals surface area contributed by atoms with Crippen LogP contribution >= 0.6 is 0 Å². The van der Waals surface area contributed by atoms with Crippen molar-refractivity contribution in [2.24, 2.45) is 0 Å². The van der Waals surface area contributed by atoms with Gasteiger partial charge in [0.15, 0.2) is 5.65 Å². The average molecular weight is 194 g/mol. The van der Waals surface area contributed by atoms with E-state index in [4.69, 9.17) is 5.26 Å². The van der Waals surface area contributed by atoms with Crippen LogP contribution in [0.25, 0.3) is 16.7 Å². The first-order valence-electron chi connectivity index (χ1n) is 4.51. The molecule has 4 heteroatoms. The topological polar surface area (TPSA) is 54.0 Å². The van der Waals surface area contributed by atoms with E-state index in [2.05, 4.69) is 16.0 Å². The lowest BCUT2D eigenvalue weighted by Gasteiger charge is -1.92. The van der Waals surface area contributed by atoms with Crippen LogP contribution in [0.2, 0.25) is 0 Å². The second kappa shape index (κ2) is 2.79. The molecule has 0 unspecified atom stereocenters. The van der Waals surface area contributed by atoms with Crippen LogP contribution in [0.3, 0.4) is 0 Å². The zero-order valence-corrected chi connectivity index (χ0v) is 7.75. The first-order chi connectivity index (χ1) is 7.42. The fraction of sp³-hybridized carbons (Fsp3) is 0. The Balaban J connectivity index is 2.70. The summed E-state index contributed by atoms with van der Waals surface area (Å²) in [5.41, 5.74) is 2.82. The smallest absolute Gasteiger partial charge is 0.164 e. The van der Waals surface area contributed by atoms with Gasteiger partial charge in [0.1, 0.15) is 17.1 Å². The van der Waals surface area contributed by atoms with E-state index in [1.165, 1.54) is 0 Å². The predicted molar refractivity (Wildman–Crippen MR) is 55.2 cm³/mol. The van der Waals surface area contributed by atoms with Crippen molar-refractivity contribution < 1.29 is 0 Å². The van der Waals surface area contributed by atoms with Crippen molar-refractivity contribution in [2.45, 2.75) is 0 Å². The standard InChI is InChI=1S/C11H6N4/c12-7-8-9-3-1-2-6-15(9)11-10(8)13-4-5-14-11/h1-6H. The quantitative estimate of drug-likeness (QED) is 0.547. The third-order valence-corrected chi connectivity index (χ3v) is 2.37. The summed E-state index contributed by atoms with van der Waals surface area (Å²) in [6, 6.07) is 7.86. The molecule has 3 heterocycles. The molecule has 0 saturated heterocycles. The summed E-state index contributed by atoms with van der Waals surface area (Å²) in [6.45, 7) is 0. The molecule has 0 N–H and O–H groups in total. The largest absolute Gasteiger partial charge is 0.299 e. The summed E-state index contributed by atoms with van der Waals surface area (Å²) in [6.07, 6.45) is 5.11. The van der Waals surface area contributed by atoms with E-state index in [9.17, 15) is 0 Å². The summed E-state index contributed by atoms with van der Waals surface area (Å²) in [5.74, 6) is 0. The van der Waals surface area contributed by atoms with Crippen molar-refractivity contribution >= 4 is 16.7 Å². The van der Waals surface area contributed by atoms with Crippen LogP contribution < -0.4 is 0 Å². The minimum Gasteiger partial charge on any atom is -0.299 e. The molecule has 4 nitrogen and oxygen atoms in total. The lowest BCUT2D eigenvalue weighted by Crippen LogP contribution is -1.84. The zero-order chi connectivity index (χ0) is 10.3. The maximum atomic E-state index is 9.09. The van der Waals surface area contributed by atoms with E-state index in [1.807, 2.05) is 28.8 Å². The zero-order valence-electron chi connectivity index (χ0n) is 7.75. The maximum Gasteiger partial charge on any atom is 0.164 e. The van der Waals surface area contributed by atoms with Gasteiger partial charge in [-0.05, 0) is 12.1 Å². The number of rotatable bonds is 0. The summed E-state index contributed by atoms with van der Waals surface area (Å²) in [4.78, 5) is 8.41. The number of pyridine rings is 1. The summed E-state index contributed by atoms with van der Waals surface area (Å²) >= 11 is 0. The Morgan fingerprint density at radius 3 is 2.93 bits per heavy atom. The number of hydrogen-bond acceptors (Lipinski definition) is 3. The average Bonchev–Trinajstić information content (AvgIpc) is 2.63. The SMILES string of the molecule is N#Cc1c2nccnc2n2ccccc12. The van der Waals surface area contributed by atoms with Crippen molar-refractivity contribution in [1.82, 2.24) is 14.4 Å². The minimum absolute atomic E-state index is 0.582.